The van der Waals surface area contributed by atoms with Gasteiger partial charge in [-0.3, -0.25) is 14.8 Å². The van der Waals surface area contributed by atoms with E-state index in [9.17, 15) is 9.59 Å². The van der Waals surface area contributed by atoms with E-state index in [2.05, 4.69) is 10.4 Å². The first kappa shape index (κ1) is 23.6. The molecule has 0 spiro atoms. The van der Waals surface area contributed by atoms with Gasteiger partial charge in [0.1, 0.15) is 19.0 Å². The number of benzene rings is 2. The molecular formula is C25H27ClN4O4. The van der Waals surface area contributed by atoms with E-state index in [1.54, 1.807) is 21.7 Å². The largest absolute Gasteiger partial charge is 0.489 e. The Morgan fingerprint density at radius 1 is 1.18 bits per heavy atom. The summed E-state index contributed by atoms with van der Waals surface area (Å²) >= 11 is 6.24. The van der Waals surface area contributed by atoms with Crippen molar-refractivity contribution in [1.29, 1.82) is 0 Å². The minimum atomic E-state index is -0.606. The van der Waals surface area contributed by atoms with Gasteiger partial charge in [0, 0.05) is 35.3 Å². The molecule has 0 bridgehead atoms. The van der Waals surface area contributed by atoms with Crippen molar-refractivity contribution in [1.82, 2.24) is 14.7 Å². The van der Waals surface area contributed by atoms with Crippen molar-refractivity contribution in [3.63, 3.8) is 0 Å². The molecule has 2 heterocycles. The lowest BCUT2D eigenvalue weighted by atomic mass is 10.2. The van der Waals surface area contributed by atoms with Crippen LogP contribution in [0.15, 0.2) is 54.6 Å². The second-order valence-corrected chi connectivity index (χ2v) is 8.54. The van der Waals surface area contributed by atoms with Crippen LogP contribution in [0.25, 0.3) is 0 Å². The summed E-state index contributed by atoms with van der Waals surface area (Å²) in [6, 6.07) is 17.2. The number of nitrogens with one attached hydrogen (secondary N) is 1. The van der Waals surface area contributed by atoms with Crippen molar-refractivity contribution >= 4 is 29.4 Å². The standard InChI is InChI=1S/C25H27ClN4O4/c1-18-14-23(27-25(32)33-13-12-29-11-5-8-24(29)31)28-30(18)16-20-15-21(26)9-10-22(20)34-17-19-6-3-2-4-7-19/h2-4,6-7,9-10,14-15H,5,8,11-13,16-17H2,1H3,(H,27,28,32). The summed E-state index contributed by atoms with van der Waals surface area (Å²) in [6.45, 7) is 4.02. The lowest BCUT2D eigenvalue weighted by Gasteiger charge is -2.15. The highest BCUT2D eigenvalue weighted by molar-refractivity contribution is 6.30. The Hall–Kier alpha value is -3.52. The number of aryl methyl sites for hydroxylation is 1. The molecule has 0 unspecified atom stereocenters. The molecule has 0 radical (unpaired) electrons. The van der Waals surface area contributed by atoms with Gasteiger partial charge in [-0.15, -0.1) is 0 Å². The molecule has 3 aromatic rings. The average Bonchev–Trinajstić information content (AvgIpc) is 3.38. The zero-order valence-corrected chi connectivity index (χ0v) is 19.8. The number of nitrogens with zero attached hydrogens (tertiary/aromatic N) is 3. The van der Waals surface area contributed by atoms with Gasteiger partial charge in [0.15, 0.2) is 5.82 Å². The van der Waals surface area contributed by atoms with Gasteiger partial charge >= 0.3 is 6.09 Å². The van der Waals surface area contributed by atoms with Crippen molar-refractivity contribution in [2.45, 2.75) is 32.9 Å². The summed E-state index contributed by atoms with van der Waals surface area (Å²) in [6.07, 6.45) is 0.813. The molecule has 0 aliphatic carbocycles. The van der Waals surface area contributed by atoms with Crippen molar-refractivity contribution < 1.29 is 19.1 Å². The van der Waals surface area contributed by atoms with Crippen LogP contribution < -0.4 is 10.1 Å². The fraction of sp³-hybridized carbons (Fsp3) is 0.320. The van der Waals surface area contributed by atoms with Gasteiger partial charge in [-0.25, -0.2) is 4.79 Å². The van der Waals surface area contributed by atoms with E-state index in [-0.39, 0.29) is 12.5 Å². The SMILES string of the molecule is Cc1cc(NC(=O)OCCN2CCCC2=O)nn1Cc1cc(Cl)ccc1OCc1ccccc1. The lowest BCUT2D eigenvalue weighted by Crippen LogP contribution is -2.30. The molecule has 1 aliphatic rings. The average molecular weight is 483 g/mol. The number of rotatable bonds is 9. The second-order valence-electron chi connectivity index (χ2n) is 8.10. The number of anilines is 1. The van der Waals surface area contributed by atoms with Crippen molar-refractivity contribution in [2.75, 3.05) is 25.0 Å². The predicted octanol–water partition coefficient (Wildman–Crippen LogP) is 4.64. The van der Waals surface area contributed by atoms with Crippen molar-refractivity contribution in [3.8, 4) is 5.75 Å². The van der Waals surface area contributed by atoms with Gasteiger partial charge < -0.3 is 14.4 Å². The van der Waals surface area contributed by atoms with E-state index in [4.69, 9.17) is 21.1 Å². The van der Waals surface area contributed by atoms with E-state index in [0.29, 0.717) is 49.3 Å². The Balaban J connectivity index is 1.35. The molecule has 2 aromatic carbocycles. The van der Waals surface area contributed by atoms with Gasteiger partial charge in [0.05, 0.1) is 13.1 Å². The Morgan fingerprint density at radius 3 is 2.76 bits per heavy atom. The predicted molar refractivity (Wildman–Crippen MR) is 129 cm³/mol. The number of halogens is 1. The topological polar surface area (TPSA) is 85.7 Å². The number of hydrogen-bond acceptors (Lipinski definition) is 5. The smallest absolute Gasteiger partial charge is 0.412 e. The van der Waals surface area contributed by atoms with Gasteiger partial charge in [0.2, 0.25) is 5.91 Å². The summed E-state index contributed by atoms with van der Waals surface area (Å²) < 4.78 is 13.0. The van der Waals surface area contributed by atoms with Crippen LogP contribution in [0.4, 0.5) is 10.6 Å². The molecule has 34 heavy (non-hydrogen) atoms. The molecule has 1 saturated heterocycles. The summed E-state index contributed by atoms with van der Waals surface area (Å²) in [5, 5.41) is 7.72. The van der Waals surface area contributed by atoms with E-state index in [0.717, 1.165) is 23.2 Å². The molecule has 1 fully saturated rings. The summed E-state index contributed by atoms with van der Waals surface area (Å²) in [4.78, 5) is 25.5. The van der Waals surface area contributed by atoms with Gasteiger partial charge in [-0.1, -0.05) is 41.9 Å². The Kier molecular flexibility index (Phi) is 7.69. The lowest BCUT2D eigenvalue weighted by molar-refractivity contribution is -0.128. The first-order valence-corrected chi connectivity index (χ1v) is 11.6. The number of aromatic nitrogens is 2. The number of amides is 2. The van der Waals surface area contributed by atoms with Crippen LogP contribution in [0.5, 0.6) is 5.75 Å². The zero-order valence-electron chi connectivity index (χ0n) is 19.0. The fourth-order valence-corrected chi connectivity index (χ4v) is 3.96. The van der Waals surface area contributed by atoms with E-state index in [1.165, 1.54) is 0 Å². The summed E-state index contributed by atoms with van der Waals surface area (Å²) in [5.74, 6) is 1.20. The van der Waals surface area contributed by atoms with E-state index in [1.807, 2.05) is 49.4 Å². The number of carbonyl (C=O) groups is 2. The quantitative estimate of drug-likeness (QED) is 0.480. The van der Waals surface area contributed by atoms with Crippen molar-refractivity contribution in [2.24, 2.45) is 0 Å². The van der Waals surface area contributed by atoms with Crippen LogP contribution in [0, 0.1) is 6.92 Å². The molecule has 0 saturated carbocycles. The van der Waals surface area contributed by atoms with E-state index < -0.39 is 6.09 Å². The first-order valence-electron chi connectivity index (χ1n) is 11.2. The monoisotopic (exact) mass is 482 g/mol. The third-order valence-corrected chi connectivity index (χ3v) is 5.79. The number of carbonyl (C=O) groups excluding carboxylic acids is 2. The second kappa shape index (κ2) is 11.1. The molecule has 1 aromatic heterocycles. The third kappa shape index (κ3) is 6.29. The van der Waals surface area contributed by atoms with Crippen LogP contribution >= 0.6 is 11.6 Å². The maximum atomic E-state index is 12.1. The molecule has 8 nitrogen and oxygen atoms in total. The number of likely N-dealkylation sites (tertiary alicyclic amines) is 1. The van der Waals surface area contributed by atoms with Crippen molar-refractivity contribution in [3.05, 3.63) is 76.4 Å². The zero-order chi connectivity index (χ0) is 23.9. The molecule has 0 atom stereocenters. The molecule has 1 N–H and O–H groups in total. The van der Waals surface area contributed by atoms with Gasteiger partial charge in [-0.2, -0.15) is 5.10 Å². The van der Waals surface area contributed by atoms with Gasteiger partial charge in [0.25, 0.3) is 0 Å². The van der Waals surface area contributed by atoms with Crippen LogP contribution in [0.3, 0.4) is 0 Å². The van der Waals surface area contributed by atoms with Gasteiger partial charge in [-0.05, 0) is 37.1 Å². The number of ether oxygens (including phenoxy) is 2. The molecule has 178 valence electrons. The fourth-order valence-electron chi connectivity index (χ4n) is 3.77. The summed E-state index contributed by atoms with van der Waals surface area (Å²) in [5.41, 5.74) is 2.80. The third-order valence-electron chi connectivity index (χ3n) is 5.56. The highest BCUT2D eigenvalue weighted by atomic mass is 35.5. The number of hydrogen-bond donors (Lipinski definition) is 1. The molecule has 4 rings (SSSR count). The van der Waals surface area contributed by atoms with E-state index >= 15 is 0 Å². The van der Waals surface area contributed by atoms with Crippen LogP contribution in [-0.4, -0.2) is 46.4 Å². The minimum absolute atomic E-state index is 0.103. The Labute approximate surface area is 203 Å². The first-order chi connectivity index (χ1) is 16.5. The summed E-state index contributed by atoms with van der Waals surface area (Å²) in [7, 11) is 0. The van der Waals surface area contributed by atoms with Crippen LogP contribution in [-0.2, 0) is 22.7 Å². The normalized spacial score (nSPS) is 13.2. The highest BCUT2D eigenvalue weighted by Crippen LogP contribution is 2.25. The maximum Gasteiger partial charge on any atom is 0.412 e. The maximum absolute atomic E-state index is 12.1. The molecule has 9 heteroatoms. The molecule has 2 amide bonds. The molecular weight excluding hydrogens is 456 g/mol. The highest BCUT2D eigenvalue weighted by Gasteiger charge is 2.20. The Morgan fingerprint density at radius 2 is 2.00 bits per heavy atom. The molecule has 1 aliphatic heterocycles. The minimum Gasteiger partial charge on any atom is -0.489 e. The van der Waals surface area contributed by atoms with Crippen LogP contribution in [0.1, 0.15) is 29.7 Å². The Bertz CT molecular complexity index is 1150. The van der Waals surface area contributed by atoms with Crippen LogP contribution in [0.2, 0.25) is 5.02 Å².